The van der Waals surface area contributed by atoms with Crippen molar-refractivity contribution in [1.82, 2.24) is 4.90 Å². The van der Waals surface area contributed by atoms with Crippen molar-refractivity contribution in [3.63, 3.8) is 0 Å². The van der Waals surface area contributed by atoms with Crippen molar-refractivity contribution in [3.8, 4) is 0 Å². The molecule has 3 saturated heterocycles. The van der Waals surface area contributed by atoms with Gasteiger partial charge in [0.15, 0.2) is 0 Å². The van der Waals surface area contributed by atoms with E-state index in [0.717, 1.165) is 0 Å². The quantitative estimate of drug-likeness (QED) is 0.599. The molecule has 3 heterocycles. The number of amides is 2. The molecule has 1 aromatic rings. The third-order valence-corrected chi connectivity index (χ3v) is 7.22. The minimum Gasteiger partial charge on any atom is -0.466 e. The van der Waals surface area contributed by atoms with Gasteiger partial charge >= 0.3 is 5.97 Å². The second kappa shape index (κ2) is 8.65. The van der Waals surface area contributed by atoms with Crippen molar-refractivity contribution >= 4 is 35.1 Å². The zero-order valence-electron chi connectivity index (χ0n) is 18.4. The molecule has 32 heavy (non-hydrogen) atoms. The maximum absolute atomic E-state index is 13.7. The van der Waals surface area contributed by atoms with E-state index in [1.54, 1.807) is 31.2 Å². The average Bonchev–Trinajstić information content (AvgIpc) is 3.38. The first-order chi connectivity index (χ1) is 15.2. The van der Waals surface area contributed by atoms with Crippen LogP contribution in [0.25, 0.3) is 0 Å². The van der Waals surface area contributed by atoms with Gasteiger partial charge in [-0.2, -0.15) is 0 Å². The number of anilines is 1. The Balaban J connectivity index is 1.74. The molecule has 0 aromatic heterocycles. The van der Waals surface area contributed by atoms with Crippen LogP contribution in [-0.4, -0.2) is 64.8 Å². The van der Waals surface area contributed by atoms with E-state index in [4.69, 9.17) is 21.1 Å². The van der Waals surface area contributed by atoms with Gasteiger partial charge in [-0.05, 0) is 49.9 Å². The van der Waals surface area contributed by atoms with Crippen molar-refractivity contribution in [2.45, 2.75) is 57.4 Å². The van der Waals surface area contributed by atoms with Crippen LogP contribution in [0.5, 0.6) is 0 Å². The largest absolute Gasteiger partial charge is 0.466 e. The number of carbonyl (C=O) groups is 3. The number of fused-ring (bicyclic) bond motifs is 1. The second-order valence-electron chi connectivity index (χ2n) is 9.04. The van der Waals surface area contributed by atoms with E-state index in [2.05, 4.69) is 5.32 Å². The fourth-order valence-corrected chi connectivity index (χ4v) is 5.74. The molecule has 1 spiro atoms. The van der Waals surface area contributed by atoms with Crippen molar-refractivity contribution in [3.05, 3.63) is 29.3 Å². The van der Waals surface area contributed by atoms with Gasteiger partial charge in [0, 0.05) is 10.7 Å². The first kappa shape index (κ1) is 23.0. The van der Waals surface area contributed by atoms with Gasteiger partial charge in [-0.15, -0.1) is 0 Å². The van der Waals surface area contributed by atoms with Crippen LogP contribution in [0.2, 0.25) is 5.02 Å². The molecule has 2 N–H and O–H groups in total. The van der Waals surface area contributed by atoms with Gasteiger partial charge in [-0.1, -0.05) is 25.4 Å². The van der Waals surface area contributed by atoms with Gasteiger partial charge in [-0.3, -0.25) is 14.4 Å². The summed E-state index contributed by atoms with van der Waals surface area (Å²) in [6, 6.07) is 5.12. The highest BCUT2D eigenvalue weighted by Crippen LogP contribution is 2.59. The molecule has 6 atom stereocenters. The van der Waals surface area contributed by atoms with Crippen LogP contribution in [0.4, 0.5) is 5.69 Å². The van der Waals surface area contributed by atoms with Crippen LogP contribution in [0, 0.1) is 17.8 Å². The molecule has 0 radical (unpaired) electrons. The Labute approximate surface area is 192 Å². The Morgan fingerprint density at radius 1 is 1.34 bits per heavy atom. The molecule has 3 aliphatic rings. The number of hydrogen-bond acceptors (Lipinski definition) is 6. The summed E-state index contributed by atoms with van der Waals surface area (Å²) < 4.78 is 11.6. The summed E-state index contributed by atoms with van der Waals surface area (Å²) in [4.78, 5) is 41.6. The Bertz CT molecular complexity index is 906. The van der Waals surface area contributed by atoms with Crippen molar-refractivity contribution < 1.29 is 29.0 Å². The number of halogens is 1. The standard InChI is InChI=1S/C23H29ClN2O6/c1-4-31-22(30)17-16-9-10-23(32-16)18(17)21(29)26(15(11-27)12(2)3)19(23)20(28)25-14-7-5-13(24)6-8-14/h5-8,12,15-19,27H,4,9-11H2,1-3H3,(H,25,28)/t15-,16-,17+,18+,19-,23+/m0/s1. The number of ether oxygens (including phenoxy) is 2. The second-order valence-corrected chi connectivity index (χ2v) is 9.48. The smallest absolute Gasteiger partial charge is 0.312 e. The van der Waals surface area contributed by atoms with Gasteiger partial charge in [0.1, 0.15) is 11.6 Å². The van der Waals surface area contributed by atoms with Gasteiger partial charge in [0.2, 0.25) is 11.8 Å². The molecule has 3 aliphatic heterocycles. The monoisotopic (exact) mass is 464 g/mol. The third kappa shape index (κ3) is 3.49. The predicted molar refractivity (Wildman–Crippen MR) is 117 cm³/mol. The highest BCUT2D eigenvalue weighted by molar-refractivity contribution is 6.30. The van der Waals surface area contributed by atoms with Gasteiger partial charge in [0.25, 0.3) is 0 Å². The molecule has 174 valence electrons. The number of nitrogens with zero attached hydrogens (tertiary/aromatic N) is 1. The number of aliphatic hydroxyl groups is 1. The van der Waals surface area contributed by atoms with Gasteiger partial charge < -0.3 is 24.8 Å². The lowest BCUT2D eigenvalue weighted by molar-refractivity contribution is -0.155. The highest BCUT2D eigenvalue weighted by Gasteiger charge is 2.75. The van der Waals surface area contributed by atoms with Crippen molar-refractivity contribution in [1.29, 1.82) is 0 Å². The number of likely N-dealkylation sites (tertiary alicyclic amines) is 1. The van der Waals surface area contributed by atoms with Crippen molar-refractivity contribution in [2.75, 3.05) is 18.5 Å². The molecular weight excluding hydrogens is 436 g/mol. The molecule has 3 fully saturated rings. The Kier molecular flexibility index (Phi) is 6.22. The average molecular weight is 465 g/mol. The number of rotatable bonds is 7. The van der Waals surface area contributed by atoms with Crippen LogP contribution in [0.1, 0.15) is 33.6 Å². The number of esters is 1. The summed E-state index contributed by atoms with van der Waals surface area (Å²) in [5.74, 6) is -2.89. The zero-order valence-corrected chi connectivity index (χ0v) is 19.2. The maximum Gasteiger partial charge on any atom is 0.312 e. The summed E-state index contributed by atoms with van der Waals surface area (Å²) in [6.07, 6.45) is 0.592. The van der Waals surface area contributed by atoms with Crippen LogP contribution >= 0.6 is 11.6 Å². The highest BCUT2D eigenvalue weighted by atomic mass is 35.5. The summed E-state index contributed by atoms with van der Waals surface area (Å²) in [5.41, 5.74) is -0.593. The van der Waals surface area contributed by atoms with Crippen LogP contribution in [-0.2, 0) is 23.9 Å². The SMILES string of the molecule is CCOC(=O)[C@@H]1[C@@H]2CC[C@]3(O2)[C@H](C(=O)Nc2ccc(Cl)cc2)N([C@@H](CO)C(C)C)C(=O)[C@@H]13. The molecule has 2 bridgehead atoms. The molecule has 9 heteroatoms. The predicted octanol–water partition coefficient (Wildman–Crippen LogP) is 2.23. The van der Waals surface area contributed by atoms with E-state index in [9.17, 15) is 19.5 Å². The summed E-state index contributed by atoms with van der Waals surface area (Å²) >= 11 is 5.95. The summed E-state index contributed by atoms with van der Waals surface area (Å²) in [6.45, 7) is 5.38. The van der Waals surface area contributed by atoms with E-state index < -0.39 is 47.5 Å². The van der Waals surface area contributed by atoms with Gasteiger partial charge in [0.05, 0.1) is 37.2 Å². The van der Waals surface area contributed by atoms with E-state index >= 15 is 0 Å². The minimum absolute atomic E-state index is 0.108. The molecule has 0 unspecified atom stereocenters. The number of benzene rings is 1. The number of carbonyl (C=O) groups excluding carboxylic acids is 3. The molecule has 0 saturated carbocycles. The molecule has 2 amide bonds. The fraction of sp³-hybridized carbons (Fsp3) is 0.609. The third-order valence-electron chi connectivity index (χ3n) is 6.97. The Morgan fingerprint density at radius 2 is 2.03 bits per heavy atom. The first-order valence-corrected chi connectivity index (χ1v) is 11.5. The van der Waals surface area contributed by atoms with E-state index in [1.165, 1.54) is 4.90 Å². The lowest BCUT2D eigenvalue weighted by Crippen LogP contribution is -2.57. The molecule has 1 aromatic carbocycles. The zero-order chi connectivity index (χ0) is 23.2. The summed E-state index contributed by atoms with van der Waals surface area (Å²) in [5, 5.41) is 13.5. The molecule has 4 rings (SSSR count). The van der Waals surface area contributed by atoms with E-state index in [-0.39, 0.29) is 25.0 Å². The van der Waals surface area contributed by atoms with Crippen LogP contribution in [0.15, 0.2) is 24.3 Å². The normalized spacial score (nSPS) is 31.7. The van der Waals surface area contributed by atoms with Crippen LogP contribution in [0.3, 0.4) is 0 Å². The number of nitrogens with one attached hydrogen (secondary N) is 1. The lowest BCUT2D eigenvalue weighted by atomic mass is 9.70. The minimum atomic E-state index is -1.13. The summed E-state index contributed by atoms with van der Waals surface area (Å²) in [7, 11) is 0. The van der Waals surface area contributed by atoms with E-state index in [1.807, 2.05) is 13.8 Å². The van der Waals surface area contributed by atoms with Gasteiger partial charge in [-0.25, -0.2) is 0 Å². The molecule has 8 nitrogen and oxygen atoms in total. The topological polar surface area (TPSA) is 105 Å². The van der Waals surface area contributed by atoms with E-state index in [0.29, 0.717) is 23.6 Å². The lowest BCUT2D eigenvalue weighted by Gasteiger charge is -2.38. The number of hydrogen-bond donors (Lipinski definition) is 2. The molecular formula is C23H29ClN2O6. The Hall–Kier alpha value is -2.16. The maximum atomic E-state index is 13.7. The molecule has 0 aliphatic carbocycles. The van der Waals surface area contributed by atoms with Crippen molar-refractivity contribution in [2.24, 2.45) is 17.8 Å². The first-order valence-electron chi connectivity index (χ1n) is 11.1. The number of aliphatic hydroxyl groups excluding tert-OH is 1. The fourth-order valence-electron chi connectivity index (χ4n) is 5.62. The Morgan fingerprint density at radius 3 is 2.62 bits per heavy atom. The van der Waals surface area contributed by atoms with Crippen LogP contribution < -0.4 is 5.32 Å².